The minimum absolute atomic E-state index is 0.0103. The van der Waals surface area contributed by atoms with Gasteiger partial charge in [-0.1, -0.05) is 227 Å². The molecule has 0 saturated heterocycles. The molecule has 0 radical (unpaired) electrons. The molecule has 0 aliphatic carbocycles. The Hall–Kier alpha value is -1.63. The molecule has 0 aliphatic heterocycles. The molecular formula is C60H118N2O5. The van der Waals surface area contributed by atoms with E-state index in [-0.39, 0.29) is 11.9 Å². The summed E-state index contributed by atoms with van der Waals surface area (Å²) in [6.07, 6.45) is 49.5. The van der Waals surface area contributed by atoms with Crippen molar-refractivity contribution in [3.63, 3.8) is 0 Å². The smallest absolute Gasteiger partial charge is 0.305 e. The van der Waals surface area contributed by atoms with Crippen LogP contribution in [0.25, 0.3) is 0 Å². The first kappa shape index (κ1) is 65.4. The Labute approximate surface area is 419 Å². The Morgan fingerprint density at radius 1 is 0.343 bits per heavy atom. The average Bonchev–Trinajstić information content (AvgIpc) is 3.32. The SMILES string of the molecule is CCCCCCCCCCC(CCCCCCC(=O)OCC(CCCCCC)CCCCCCCC)N(CCCN(C)C)C(=O)CCCCCCCC(=O)OCC(CCCC)CCCCCC. The van der Waals surface area contributed by atoms with Gasteiger partial charge in [0.25, 0.3) is 0 Å². The molecule has 0 aromatic rings. The fourth-order valence-electron chi connectivity index (χ4n) is 9.87. The van der Waals surface area contributed by atoms with E-state index in [2.05, 4.69) is 58.5 Å². The predicted molar refractivity (Wildman–Crippen MR) is 290 cm³/mol. The van der Waals surface area contributed by atoms with Gasteiger partial charge in [-0.2, -0.15) is 0 Å². The third-order valence-corrected chi connectivity index (χ3v) is 14.4. The molecule has 0 aliphatic rings. The standard InChI is InChI=1S/C60H118N2O5/c1-8-13-18-22-24-25-28-36-46-57(47-37-31-32-40-50-60(65)67-54-56(44-34-21-16-11-4)45-35-27-23-19-14-9-2)62(52-41-51-61(6)7)58(63)48-38-29-26-30-39-49-59(64)66-53-55(42-17-12-5)43-33-20-15-10-3/h55-57H,8-54H2,1-7H3. The van der Waals surface area contributed by atoms with Gasteiger partial charge in [0.1, 0.15) is 0 Å². The number of carbonyl (C=O) groups is 3. The molecule has 0 aromatic heterocycles. The molecule has 0 fully saturated rings. The van der Waals surface area contributed by atoms with E-state index in [1.807, 2.05) is 0 Å². The van der Waals surface area contributed by atoms with E-state index >= 15 is 0 Å². The van der Waals surface area contributed by atoms with Gasteiger partial charge in [0.2, 0.25) is 5.91 Å². The lowest BCUT2D eigenvalue weighted by Crippen LogP contribution is -2.41. The van der Waals surface area contributed by atoms with Crippen molar-refractivity contribution >= 4 is 17.8 Å². The first-order chi connectivity index (χ1) is 32.7. The van der Waals surface area contributed by atoms with Crippen LogP contribution in [0.15, 0.2) is 0 Å². The topological polar surface area (TPSA) is 76.2 Å². The summed E-state index contributed by atoms with van der Waals surface area (Å²) in [4.78, 5) is 44.1. The number of hydrogen-bond acceptors (Lipinski definition) is 6. The second-order valence-corrected chi connectivity index (χ2v) is 21.4. The molecule has 1 amide bonds. The van der Waals surface area contributed by atoms with Crippen molar-refractivity contribution in [2.24, 2.45) is 11.8 Å². The molecule has 3 unspecified atom stereocenters. The molecule has 0 rings (SSSR count). The second-order valence-electron chi connectivity index (χ2n) is 21.4. The number of carbonyl (C=O) groups excluding carboxylic acids is 3. The zero-order chi connectivity index (χ0) is 49.3. The van der Waals surface area contributed by atoms with Gasteiger partial charge in [-0.15, -0.1) is 0 Å². The number of unbranched alkanes of at least 4 members (excludes halogenated alkanes) is 26. The Kier molecular flexibility index (Phi) is 49.5. The summed E-state index contributed by atoms with van der Waals surface area (Å²) in [5.41, 5.74) is 0. The monoisotopic (exact) mass is 947 g/mol. The molecule has 0 bridgehead atoms. The van der Waals surface area contributed by atoms with E-state index in [0.717, 1.165) is 90.1 Å². The molecule has 0 heterocycles. The summed E-state index contributed by atoms with van der Waals surface area (Å²) in [5, 5.41) is 0. The van der Waals surface area contributed by atoms with Crippen molar-refractivity contribution in [1.82, 2.24) is 9.80 Å². The van der Waals surface area contributed by atoms with Crippen LogP contribution in [0.5, 0.6) is 0 Å². The zero-order valence-corrected chi connectivity index (χ0v) is 46.4. The van der Waals surface area contributed by atoms with E-state index in [0.29, 0.717) is 56.3 Å². The van der Waals surface area contributed by atoms with Gasteiger partial charge in [-0.25, -0.2) is 0 Å². The molecule has 0 N–H and O–H groups in total. The van der Waals surface area contributed by atoms with Gasteiger partial charge in [0.05, 0.1) is 13.2 Å². The van der Waals surface area contributed by atoms with Gasteiger partial charge in [0, 0.05) is 31.8 Å². The number of rotatable bonds is 53. The van der Waals surface area contributed by atoms with E-state index in [4.69, 9.17) is 9.47 Å². The summed E-state index contributed by atoms with van der Waals surface area (Å²) < 4.78 is 11.7. The van der Waals surface area contributed by atoms with Crippen molar-refractivity contribution in [2.75, 3.05) is 40.4 Å². The summed E-state index contributed by atoms with van der Waals surface area (Å²) in [7, 11) is 4.26. The average molecular weight is 948 g/mol. The van der Waals surface area contributed by atoms with Gasteiger partial charge in [0.15, 0.2) is 0 Å². The highest BCUT2D eigenvalue weighted by Crippen LogP contribution is 2.24. The quantitative estimate of drug-likeness (QED) is 0.0447. The fraction of sp³-hybridized carbons (Fsp3) is 0.950. The molecule has 67 heavy (non-hydrogen) atoms. The minimum Gasteiger partial charge on any atom is -0.465 e. The number of nitrogens with zero attached hydrogens (tertiary/aromatic N) is 2. The molecular weight excluding hydrogens is 829 g/mol. The summed E-state index contributed by atoms with van der Waals surface area (Å²) in [5.74, 6) is 1.31. The van der Waals surface area contributed by atoms with E-state index in [1.165, 1.54) is 180 Å². The van der Waals surface area contributed by atoms with Gasteiger partial charge < -0.3 is 19.3 Å². The van der Waals surface area contributed by atoms with Crippen LogP contribution in [0.2, 0.25) is 0 Å². The summed E-state index contributed by atoms with van der Waals surface area (Å²) in [6, 6.07) is 0.296. The van der Waals surface area contributed by atoms with Crippen LogP contribution in [-0.2, 0) is 23.9 Å². The zero-order valence-electron chi connectivity index (χ0n) is 46.4. The lowest BCUT2D eigenvalue weighted by atomic mass is 9.95. The Balaban J connectivity index is 5.09. The van der Waals surface area contributed by atoms with Gasteiger partial charge in [-0.3, -0.25) is 14.4 Å². The Morgan fingerprint density at radius 2 is 0.657 bits per heavy atom. The van der Waals surface area contributed by atoms with Crippen LogP contribution in [0, 0.1) is 11.8 Å². The number of ether oxygens (including phenoxy) is 2. The maximum atomic E-state index is 14.1. The van der Waals surface area contributed by atoms with Crippen LogP contribution in [0.3, 0.4) is 0 Å². The van der Waals surface area contributed by atoms with E-state index in [1.54, 1.807) is 0 Å². The Bertz CT molecular complexity index is 1070. The van der Waals surface area contributed by atoms with Crippen molar-refractivity contribution in [3.05, 3.63) is 0 Å². The van der Waals surface area contributed by atoms with Crippen LogP contribution in [0.1, 0.15) is 311 Å². The molecule has 0 spiro atoms. The molecule has 7 heteroatoms. The lowest BCUT2D eigenvalue weighted by molar-refractivity contribution is -0.146. The number of amides is 1. The van der Waals surface area contributed by atoms with Crippen molar-refractivity contribution in [2.45, 2.75) is 317 Å². The third kappa shape index (κ3) is 44.1. The molecule has 3 atom stereocenters. The highest BCUT2D eigenvalue weighted by molar-refractivity contribution is 5.76. The van der Waals surface area contributed by atoms with Crippen LogP contribution in [0.4, 0.5) is 0 Å². The normalized spacial score (nSPS) is 13.0. The summed E-state index contributed by atoms with van der Waals surface area (Å²) in [6.45, 7) is 14.3. The van der Waals surface area contributed by atoms with Gasteiger partial charge >= 0.3 is 11.9 Å². The van der Waals surface area contributed by atoms with Crippen molar-refractivity contribution in [1.29, 1.82) is 0 Å². The lowest BCUT2D eigenvalue weighted by Gasteiger charge is -2.33. The van der Waals surface area contributed by atoms with Crippen molar-refractivity contribution in [3.8, 4) is 0 Å². The molecule has 398 valence electrons. The largest absolute Gasteiger partial charge is 0.465 e. The van der Waals surface area contributed by atoms with E-state index in [9.17, 15) is 14.4 Å². The summed E-state index contributed by atoms with van der Waals surface area (Å²) >= 11 is 0. The first-order valence-corrected chi connectivity index (χ1v) is 30.0. The van der Waals surface area contributed by atoms with Crippen molar-refractivity contribution < 1.29 is 23.9 Å². The second kappa shape index (κ2) is 50.7. The van der Waals surface area contributed by atoms with Crippen LogP contribution in [-0.4, -0.2) is 74.1 Å². The predicted octanol–water partition coefficient (Wildman–Crippen LogP) is 17.9. The van der Waals surface area contributed by atoms with Crippen LogP contribution < -0.4 is 0 Å². The molecule has 7 nitrogen and oxygen atoms in total. The molecule has 0 saturated carbocycles. The maximum Gasteiger partial charge on any atom is 0.305 e. The highest BCUT2D eigenvalue weighted by Gasteiger charge is 2.23. The minimum atomic E-state index is -0.0329. The molecule has 0 aromatic carbocycles. The number of hydrogen-bond donors (Lipinski definition) is 0. The first-order valence-electron chi connectivity index (χ1n) is 30.0. The fourth-order valence-corrected chi connectivity index (χ4v) is 9.87. The third-order valence-electron chi connectivity index (χ3n) is 14.4. The Morgan fingerprint density at radius 3 is 1.04 bits per heavy atom. The van der Waals surface area contributed by atoms with Crippen LogP contribution >= 0.6 is 0 Å². The van der Waals surface area contributed by atoms with Gasteiger partial charge in [-0.05, 0) is 96.7 Å². The number of esters is 2. The van der Waals surface area contributed by atoms with E-state index < -0.39 is 0 Å². The maximum absolute atomic E-state index is 14.1. The highest BCUT2D eigenvalue weighted by atomic mass is 16.5.